The largest absolute Gasteiger partial charge is 0.394 e. The van der Waals surface area contributed by atoms with Crippen molar-refractivity contribution < 1.29 is 64.6 Å². The van der Waals surface area contributed by atoms with Crippen LogP contribution in [-0.4, -0.2) is 140 Å². The molecular formula is C57H95NO13. The molecule has 2 heterocycles. The van der Waals surface area contributed by atoms with Gasteiger partial charge in [-0.2, -0.15) is 0 Å². The van der Waals surface area contributed by atoms with Gasteiger partial charge >= 0.3 is 0 Å². The molecule has 12 atom stereocenters. The fourth-order valence-corrected chi connectivity index (χ4v) is 8.19. The molecule has 0 aliphatic carbocycles. The van der Waals surface area contributed by atoms with Gasteiger partial charge in [0.05, 0.1) is 32.0 Å². The van der Waals surface area contributed by atoms with Crippen molar-refractivity contribution in [3.05, 3.63) is 97.2 Å². The van der Waals surface area contributed by atoms with Gasteiger partial charge in [-0.25, -0.2) is 0 Å². The number of unbranched alkanes of at least 4 members (excludes halogenated alkanes) is 11. The van der Waals surface area contributed by atoms with Crippen molar-refractivity contribution in [3.63, 3.8) is 0 Å². The van der Waals surface area contributed by atoms with Crippen LogP contribution in [0.4, 0.5) is 0 Å². The summed E-state index contributed by atoms with van der Waals surface area (Å²) in [5.41, 5.74) is 0. The second-order valence-corrected chi connectivity index (χ2v) is 18.6. The summed E-state index contributed by atoms with van der Waals surface area (Å²) in [5, 5.41) is 86.8. The van der Waals surface area contributed by atoms with E-state index in [-0.39, 0.29) is 18.9 Å². The monoisotopic (exact) mass is 1000 g/mol. The smallest absolute Gasteiger partial charge is 0.220 e. The Hall–Kier alpha value is -3.09. The number of carbonyl (C=O) groups is 1. The number of ether oxygens (including phenoxy) is 4. The number of allylic oxidation sites excluding steroid dienone is 16. The Balaban J connectivity index is 1.77. The quantitative estimate of drug-likeness (QED) is 0.0210. The van der Waals surface area contributed by atoms with Gasteiger partial charge in [0.15, 0.2) is 12.6 Å². The van der Waals surface area contributed by atoms with E-state index in [1.54, 1.807) is 0 Å². The fourth-order valence-electron chi connectivity index (χ4n) is 8.19. The van der Waals surface area contributed by atoms with Crippen LogP contribution in [0.3, 0.4) is 0 Å². The summed E-state index contributed by atoms with van der Waals surface area (Å²) in [6.07, 6.45) is 39.9. The van der Waals surface area contributed by atoms with E-state index in [0.717, 1.165) is 89.9 Å². The summed E-state index contributed by atoms with van der Waals surface area (Å²) in [5.74, 6) is -0.256. The molecule has 0 aromatic carbocycles. The molecule has 2 saturated heterocycles. The number of hydrogen-bond donors (Lipinski definition) is 9. The van der Waals surface area contributed by atoms with Crippen molar-refractivity contribution in [1.82, 2.24) is 5.32 Å². The van der Waals surface area contributed by atoms with E-state index >= 15 is 0 Å². The number of aliphatic hydroxyl groups is 8. The van der Waals surface area contributed by atoms with Gasteiger partial charge in [-0.1, -0.05) is 175 Å². The fraction of sp³-hybridized carbons (Fsp3) is 0.702. The first kappa shape index (κ1) is 64.0. The summed E-state index contributed by atoms with van der Waals surface area (Å²) in [4.78, 5) is 13.2. The first-order valence-corrected chi connectivity index (χ1v) is 27.0. The molecule has 0 aromatic rings. The number of aliphatic hydroxyl groups excluding tert-OH is 8. The second-order valence-electron chi connectivity index (χ2n) is 18.6. The van der Waals surface area contributed by atoms with Crippen molar-refractivity contribution in [1.29, 1.82) is 0 Å². The third-order valence-corrected chi connectivity index (χ3v) is 12.6. The summed E-state index contributed by atoms with van der Waals surface area (Å²) in [6, 6.07) is -0.857. The molecule has 2 fully saturated rings. The van der Waals surface area contributed by atoms with Gasteiger partial charge < -0.3 is 65.1 Å². The van der Waals surface area contributed by atoms with Crippen molar-refractivity contribution >= 4 is 5.91 Å². The number of hydrogen-bond acceptors (Lipinski definition) is 13. The predicted molar refractivity (Wildman–Crippen MR) is 281 cm³/mol. The van der Waals surface area contributed by atoms with E-state index in [9.17, 15) is 45.6 Å². The molecule has 2 aliphatic rings. The highest BCUT2D eigenvalue weighted by molar-refractivity contribution is 5.76. The molecule has 0 spiro atoms. The Morgan fingerprint density at radius 1 is 0.521 bits per heavy atom. The lowest BCUT2D eigenvalue weighted by molar-refractivity contribution is -0.359. The first-order chi connectivity index (χ1) is 34.6. The highest BCUT2D eigenvalue weighted by Crippen LogP contribution is 2.30. The van der Waals surface area contributed by atoms with Crippen LogP contribution in [0.1, 0.15) is 162 Å². The van der Waals surface area contributed by atoms with Crippen LogP contribution in [0.25, 0.3) is 0 Å². The molecule has 14 heteroatoms. The van der Waals surface area contributed by atoms with Crippen LogP contribution in [0, 0.1) is 0 Å². The van der Waals surface area contributed by atoms with Gasteiger partial charge in [0.2, 0.25) is 5.91 Å². The highest BCUT2D eigenvalue weighted by atomic mass is 16.7. The number of amides is 1. The molecule has 14 nitrogen and oxygen atoms in total. The van der Waals surface area contributed by atoms with E-state index in [1.807, 2.05) is 0 Å². The molecule has 406 valence electrons. The van der Waals surface area contributed by atoms with Crippen LogP contribution in [0.5, 0.6) is 0 Å². The zero-order chi connectivity index (χ0) is 51.7. The van der Waals surface area contributed by atoms with Crippen molar-refractivity contribution in [2.24, 2.45) is 0 Å². The van der Waals surface area contributed by atoms with Crippen molar-refractivity contribution in [2.75, 3.05) is 19.8 Å². The average Bonchev–Trinajstić information content (AvgIpc) is 3.37. The summed E-state index contributed by atoms with van der Waals surface area (Å²) in [7, 11) is 0. The van der Waals surface area contributed by atoms with Crippen molar-refractivity contribution in [2.45, 2.75) is 235 Å². The molecule has 0 aromatic heterocycles. The minimum Gasteiger partial charge on any atom is -0.394 e. The molecule has 0 bridgehead atoms. The molecule has 1 amide bonds. The van der Waals surface area contributed by atoms with Crippen LogP contribution in [0.2, 0.25) is 0 Å². The number of nitrogens with one attached hydrogen (secondary N) is 1. The Bertz CT molecular complexity index is 1560. The predicted octanol–water partition coefficient (Wildman–Crippen LogP) is 7.93. The summed E-state index contributed by atoms with van der Waals surface area (Å²) >= 11 is 0. The molecule has 71 heavy (non-hydrogen) atoms. The minimum atomic E-state index is -1.79. The molecule has 2 rings (SSSR count). The van der Waals surface area contributed by atoms with E-state index in [1.165, 1.54) is 38.5 Å². The zero-order valence-corrected chi connectivity index (χ0v) is 43.2. The Kier molecular flexibility index (Phi) is 38.1. The summed E-state index contributed by atoms with van der Waals surface area (Å²) < 4.78 is 22.7. The van der Waals surface area contributed by atoms with Crippen LogP contribution in [0.15, 0.2) is 97.2 Å². The maximum absolute atomic E-state index is 13.2. The highest BCUT2D eigenvalue weighted by Gasteiger charge is 2.51. The van der Waals surface area contributed by atoms with Gasteiger partial charge in [0.25, 0.3) is 0 Å². The maximum Gasteiger partial charge on any atom is 0.220 e. The topological polar surface area (TPSA) is 228 Å². The van der Waals surface area contributed by atoms with Gasteiger partial charge in [0, 0.05) is 6.42 Å². The average molecular weight is 1000 g/mol. The van der Waals surface area contributed by atoms with E-state index in [0.29, 0.717) is 12.8 Å². The maximum atomic E-state index is 13.2. The number of carbonyl (C=O) groups excluding carboxylic acids is 1. The Morgan fingerprint density at radius 3 is 1.46 bits per heavy atom. The van der Waals surface area contributed by atoms with Crippen molar-refractivity contribution in [3.8, 4) is 0 Å². The minimum absolute atomic E-state index is 0.242. The lowest BCUT2D eigenvalue weighted by Crippen LogP contribution is -2.65. The SMILES string of the molecule is CC/C=C\C/C=C\C/C=C\C/C=C\C/C=C\C/C=C\C/C=C\C/C=C\CCCCC(=O)NC(COC1OC(CO)C(OC2OC(CO)C(O)C(O)C2O)C(O)C1O)C(O)CCCCCCCCCCCC. The van der Waals surface area contributed by atoms with Gasteiger partial charge in [-0.15, -0.1) is 0 Å². The normalized spacial score (nSPS) is 26.6. The number of rotatable bonds is 40. The second kappa shape index (κ2) is 42.3. The summed E-state index contributed by atoms with van der Waals surface area (Å²) in [6.45, 7) is 2.66. The molecule has 0 radical (unpaired) electrons. The molecule has 0 saturated carbocycles. The van der Waals surface area contributed by atoms with Gasteiger partial charge in [-0.3, -0.25) is 4.79 Å². The third-order valence-electron chi connectivity index (χ3n) is 12.6. The van der Waals surface area contributed by atoms with Gasteiger partial charge in [0.1, 0.15) is 48.8 Å². The molecule has 9 N–H and O–H groups in total. The van der Waals surface area contributed by atoms with E-state index in [2.05, 4.69) is 116 Å². The molecule has 12 unspecified atom stereocenters. The third kappa shape index (κ3) is 28.8. The van der Waals surface area contributed by atoms with Crippen LogP contribution in [-0.2, 0) is 23.7 Å². The Morgan fingerprint density at radius 2 is 0.972 bits per heavy atom. The first-order valence-electron chi connectivity index (χ1n) is 27.0. The zero-order valence-electron chi connectivity index (χ0n) is 43.2. The Labute approximate surface area is 426 Å². The van der Waals surface area contributed by atoms with Crippen LogP contribution < -0.4 is 5.32 Å². The molecule has 2 aliphatic heterocycles. The van der Waals surface area contributed by atoms with Gasteiger partial charge in [-0.05, 0) is 77.0 Å². The van der Waals surface area contributed by atoms with Crippen LogP contribution >= 0.6 is 0 Å². The lowest BCUT2D eigenvalue weighted by Gasteiger charge is -2.46. The lowest BCUT2D eigenvalue weighted by atomic mass is 9.97. The molecular weight excluding hydrogens is 907 g/mol. The standard InChI is InChI=1S/C57H95NO13/c1-3-5-7-9-11-13-15-16-17-18-19-20-21-22-23-24-25-26-27-28-29-30-31-33-35-37-39-41-49(62)58-45(46(61)40-38-36-34-32-14-12-10-8-6-4-2)44-68-56-54(67)52(65)55(48(43-60)70-56)71-57-53(66)51(64)50(63)47(42-59)69-57/h5,7,11,13,16-17,19-20,22-23,25-26,28-29,31,33,45-48,50-57,59-61,63-67H,3-4,6,8-10,12,14-15,18,21,24,27,30,32,34-44H2,1-2H3,(H,58,62)/b7-5-,13-11-,17-16-,20-19-,23-22-,26-25-,29-28-,33-31-. The van der Waals surface area contributed by atoms with E-state index < -0.39 is 86.8 Å². The van der Waals surface area contributed by atoms with E-state index in [4.69, 9.17) is 18.9 Å².